The molecular weight excluding hydrogens is 440 g/mol. The van der Waals surface area contributed by atoms with Gasteiger partial charge in [0.05, 0.1) is 31.2 Å². The summed E-state index contributed by atoms with van der Waals surface area (Å²) in [6.45, 7) is 3.98. The zero-order valence-corrected chi connectivity index (χ0v) is 19.5. The molecule has 178 valence electrons. The fourth-order valence-corrected chi connectivity index (χ4v) is 4.45. The Morgan fingerprint density at radius 1 is 0.886 bits per heavy atom. The van der Waals surface area contributed by atoms with Crippen molar-refractivity contribution in [3.63, 3.8) is 0 Å². The fraction of sp³-hybridized carbons (Fsp3) is 0.250. The summed E-state index contributed by atoms with van der Waals surface area (Å²) in [6, 6.07) is 26.5. The van der Waals surface area contributed by atoms with Crippen molar-refractivity contribution in [3.05, 3.63) is 112 Å². The van der Waals surface area contributed by atoms with E-state index in [4.69, 9.17) is 4.74 Å². The third-order valence-electron chi connectivity index (χ3n) is 6.31. The lowest BCUT2D eigenvalue weighted by atomic mass is 10.0. The van der Waals surface area contributed by atoms with Gasteiger partial charge in [0.15, 0.2) is 5.69 Å². The number of fused-ring (bicyclic) bond motifs is 1. The van der Waals surface area contributed by atoms with Crippen LogP contribution in [0.1, 0.15) is 27.7 Å². The number of rotatable bonds is 7. The van der Waals surface area contributed by atoms with Crippen LogP contribution in [0.3, 0.4) is 0 Å². The van der Waals surface area contributed by atoms with Crippen LogP contribution in [0.15, 0.2) is 89.7 Å². The van der Waals surface area contributed by atoms with Gasteiger partial charge in [-0.25, -0.2) is 4.68 Å². The van der Waals surface area contributed by atoms with Crippen LogP contribution in [-0.4, -0.2) is 53.4 Å². The molecule has 0 unspecified atom stereocenters. The van der Waals surface area contributed by atoms with E-state index < -0.39 is 0 Å². The lowest BCUT2D eigenvalue weighted by molar-refractivity contribution is 0.0332. The molecule has 5 rings (SSSR count). The van der Waals surface area contributed by atoms with Gasteiger partial charge in [0.1, 0.15) is 0 Å². The Hall–Kier alpha value is -3.81. The number of benzene rings is 3. The molecule has 1 aliphatic rings. The predicted octanol–water partition coefficient (Wildman–Crippen LogP) is 3.25. The Labute approximate surface area is 204 Å². The summed E-state index contributed by atoms with van der Waals surface area (Å²) in [5.41, 5.74) is 2.00. The van der Waals surface area contributed by atoms with E-state index in [-0.39, 0.29) is 23.2 Å². The monoisotopic (exact) mass is 468 g/mol. The highest BCUT2D eigenvalue weighted by molar-refractivity contribution is 6.04. The number of morpholine rings is 1. The summed E-state index contributed by atoms with van der Waals surface area (Å²) >= 11 is 0. The molecule has 4 aromatic rings. The normalized spacial score (nSPS) is 15.1. The second kappa shape index (κ2) is 10.6. The van der Waals surface area contributed by atoms with Crippen LogP contribution in [0, 0.1) is 0 Å². The van der Waals surface area contributed by atoms with E-state index in [1.807, 2.05) is 72.8 Å². The van der Waals surface area contributed by atoms with Gasteiger partial charge in [-0.3, -0.25) is 14.5 Å². The van der Waals surface area contributed by atoms with E-state index in [1.165, 1.54) is 4.68 Å². The maximum Gasteiger partial charge on any atom is 0.274 e. The molecule has 2 heterocycles. The van der Waals surface area contributed by atoms with E-state index in [0.717, 1.165) is 24.2 Å². The molecule has 1 atom stereocenters. The predicted molar refractivity (Wildman–Crippen MR) is 135 cm³/mol. The van der Waals surface area contributed by atoms with Gasteiger partial charge in [-0.1, -0.05) is 78.9 Å². The molecule has 1 aromatic heterocycles. The molecule has 35 heavy (non-hydrogen) atoms. The Balaban J connectivity index is 1.49. The van der Waals surface area contributed by atoms with Crippen molar-refractivity contribution in [2.24, 2.45) is 0 Å². The highest BCUT2D eigenvalue weighted by Gasteiger charge is 2.23. The standard InChI is InChI=1S/C28H28N4O3/c33-27(29-25(22-11-5-2-6-12-22)20-31-15-17-35-18-16-31)26-23-13-7-8-14-24(23)28(34)32(30-26)19-21-9-3-1-4-10-21/h1-14,25H,15-20H2,(H,29,33)/t25-/m1/s1. The third-order valence-corrected chi connectivity index (χ3v) is 6.31. The maximum atomic E-state index is 13.7. The number of amides is 1. The summed E-state index contributed by atoms with van der Waals surface area (Å²) < 4.78 is 6.87. The molecule has 1 aliphatic heterocycles. The first-order valence-corrected chi connectivity index (χ1v) is 11.9. The van der Waals surface area contributed by atoms with Crippen LogP contribution >= 0.6 is 0 Å². The Bertz CT molecular complexity index is 1350. The van der Waals surface area contributed by atoms with Gasteiger partial charge in [0, 0.05) is 25.0 Å². The smallest absolute Gasteiger partial charge is 0.274 e. The van der Waals surface area contributed by atoms with Crippen molar-refractivity contribution in [1.82, 2.24) is 20.0 Å². The second-order valence-electron chi connectivity index (χ2n) is 8.69. The number of aromatic nitrogens is 2. The van der Waals surface area contributed by atoms with Crippen molar-refractivity contribution in [2.45, 2.75) is 12.6 Å². The topological polar surface area (TPSA) is 76.5 Å². The van der Waals surface area contributed by atoms with E-state index in [2.05, 4.69) is 15.3 Å². The van der Waals surface area contributed by atoms with Crippen LogP contribution in [0.5, 0.6) is 0 Å². The van der Waals surface area contributed by atoms with Gasteiger partial charge in [0.2, 0.25) is 0 Å². The van der Waals surface area contributed by atoms with E-state index in [1.54, 1.807) is 12.1 Å². The van der Waals surface area contributed by atoms with E-state index in [0.29, 0.717) is 37.1 Å². The molecule has 1 saturated heterocycles. The Morgan fingerprint density at radius 3 is 2.23 bits per heavy atom. The van der Waals surface area contributed by atoms with Crippen LogP contribution in [-0.2, 0) is 11.3 Å². The zero-order chi connectivity index (χ0) is 24.0. The molecule has 0 bridgehead atoms. The largest absolute Gasteiger partial charge is 0.379 e. The van der Waals surface area contributed by atoms with Gasteiger partial charge in [0.25, 0.3) is 11.5 Å². The maximum absolute atomic E-state index is 13.7. The molecule has 1 fully saturated rings. The van der Waals surface area contributed by atoms with E-state index in [9.17, 15) is 9.59 Å². The Morgan fingerprint density at radius 2 is 1.51 bits per heavy atom. The Kier molecular flexibility index (Phi) is 6.97. The number of hydrogen-bond acceptors (Lipinski definition) is 5. The first kappa shape index (κ1) is 23.0. The highest BCUT2D eigenvalue weighted by atomic mass is 16.5. The average Bonchev–Trinajstić information content (AvgIpc) is 2.91. The second-order valence-corrected chi connectivity index (χ2v) is 8.69. The van der Waals surface area contributed by atoms with Gasteiger partial charge in [-0.2, -0.15) is 5.10 Å². The zero-order valence-electron chi connectivity index (χ0n) is 19.5. The minimum absolute atomic E-state index is 0.214. The highest BCUT2D eigenvalue weighted by Crippen LogP contribution is 2.19. The molecule has 7 nitrogen and oxygen atoms in total. The lowest BCUT2D eigenvalue weighted by Gasteiger charge is -2.31. The van der Waals surface area contributed by atoms with Gasteiger partial charge >= 0.3 is 0 Å². The number of nitrogens with one attached hydrogen (secondary N) is 1. The summed E-state index contributed by atoms with van der Waals surface area (Å²) in [6.07, 6.45) is 0. The fourth-order valence-electron chi connectivity index (χ4n) is 4.45. The number of ether oxygens (including phenoxy) is 1. The summed E-state index contributed by atoms with van der Waals surface area (Å²) in [4.78, 5) is 29.1. The van der Waals surface area contributed by atoms with E-state index >= 15 is 0 Å². The molecule has 0 spiro atoms. The van der Waals surface area contributed by atoms with Crippen molar-refractivity contribution in [1.29, 1.82) is 0 Å². The number of carbonyl (C=O) groups excluding carboxylic acids is 1. The number of carbonyl (C=O) groups is 1. The summed E-state index contributed by atoms with van der Waals surface area (Å²) in [5.74, 6) is -0.301. The molecule has 0 aliphatic carbocycles. The summed E-state index contributed by atoms with van der Waals surface area (Å²) in [5, 5.41) is 8.78. The van der Waals surface area contributed by atoms with Gasteiger partial charge in [-0.05, 0) is 17.2 Å². The molecule has 1 amide bonds. The minimum atomic E-state index is -0.301. The molecule has 3 aromatic carbocycles. The van der Waals surface area contributed by atoms with Crippen LogP contribution in [0.2, 0.25) is 0 Å². The SMILES string of the molecule is O=C(N[C@H](CN1CCOCC1)c1ccccc1)c1nn(Cc2ccccc2)c(=O)c2ccccc12. The van der Waals surface area contributed by atoms with Crippen molar-refractivity contribution in [2.75, 3.05) is 32.8 Å². The summed E-state index contributed by atoms with van der Waals surface area (Å²) in [7, 11) is 0. The van der Waals surface area contributed by atoms with Crippen molar-refractivity contribution in [3.8, 4) is 0 Å². The third kappa shape index (κ3) is 5.31. The van der Waals surface area contributed by atoms with Crippen LogP contribution in [0.4, 0.5) is 0 Å². The van der Waals surface area contributed by atoms with Crippen LogP contribution in [0.25, 0.3) is 10.8 Å². The molecule has 0 saturated carbocycles. The average molecular weight is 469 g/mol. The van der Waals surface area contributed by atoms with Gasteiger partial charge < -0.3 is 10.1 Å². The molecule has 7 heteroatoms. The first-order chi connectivity index (χ1) is 17.2. The number of hydrogen-bond donors (Lipinski definition) is 1. The quantitative estimate of drug-likeness (QED) is 0.451. The van der Waals surface area contributed by atoms with Crippen molar-refractivity contribution >= 4 is 16.7 Å². The van der Waals surface area contributed by atoms with Crippen LogP contribution < -0.4 is 10.9 Å². The molecular formula is C28H28N4O3. The molecule has 0 radical (unpaired) electrons. The van der Waals surface area contributed by atoms with Crippen molar-refractivity contribution < 1.29 is 9.53 Å². The van der Waals surface area contributed by atoms with Gasteiger partial charge in [-0.15, -0.1) is 0 Å². The molecule has 1 N–H and O–H groups in total. The number of nitrogens with zero attached hydrogens (tertiary/aromatic N) is 3. The first-order valence-electron chi connectivity index (χ1n) is 11.9. The lowest BCUT2D eigenvalue weighted by Crippen LogP contribution is -2.43. The minimum Gasteiger partial charge on any atom is -0.379 e.